The first kappa shape index (κ1) is 25.3. The lowest BCUT2D eigenvalue weighted by Crippen LogP contribution is -2.41. The quantitative estimate of drug-likeness (QED) is 0.568. The zero-order valence-corrected chi connectivity index (χ0v) is 20.5. The van der Waals surface area contributed by atoms with E-state index in [2.05, 4.69) is 10.2 Å². The van der Waals surface area contributed by atoms with Crippen molar-refractivity contribution < 1.29 is 27.1 Å². The van der Waals surface area contributed by atoms with E-state index in [1.807, 2.05) is 13.0 Å². The summed E-state index contributed by atoms with van der Waals surface area (Å²) in [5.41, 5.74) is 1.59. The molecule has 3 aliphatic rings. The van der Waals surface area contributed by atoms with Gasteiger partial charge in [-0.05, 0) is 75.6 Å². The van der Waals surface area contributed by atoms with Crippen molar-refractivity contribution in [2.75, 3.05) is 31.1 Å². The topological polar surface area (TPSA) is 90.0 Å². The Kier molecular flexibility index (Phi) is 7.50. The van der Waals surface area contributed by atoms with Gasteiger partial charge >= 0.3 is 5.97 Å². The van der Waals surface area contributed by atoms with Crippen LogP contribution in [0.25, 0.3) is 0 Å². The van der Waals surface area contributed by atoms with Crippen LogP contribution in [0, 0.1) is 12.8 Å². The van der Waals surface area contributed by atoms with E-state index < -0.39 is 28.0 Å². The van der Waals surface area contributed by atoms with Gasteiger partial charge in [-0.25, -0.2) is 17.2 Å². The predicted molar refractivity (Wildman–Crippen MR) is 126 cm³/mol. The van der Waals surface area contributed by atoms with Gasteiger partial charge in [0.25, 0.3) is 0 Å². The third-order valence-electron chi connectivity index (χ3n) is 7.52. The second-order valence-electron chi connectivity index (χ2n) is 10.1. The molecule has 2 heterocycles. The number of halogens is 2. The van der Waals surface area contributed by atoms with Crippen molar-refractivity contribution >= 4 is 21.7 Å². The molecule has 7 nitrogen and oxygen atoms in total. The highest BCUT2D eigenvalue weighted by Crippen LogP contribution is 2.36. The van der Waals surface area contributed by atoms with E-state index in [4.69, 9.17) is 0 Å². The lowest BCUT2D eigenvalue weighted by atomic mass is 9.92. The molecule has 2 N–H and O–H groups in total. The summed E-state index contributed by atoms with van der Waals surface area (Å²) in [5.74, 6) is -3.24. The Morgan fingerprint density at radius 2 is 1.91 bits per heavy atom. The first-order valence-electron chi connectivity index (χ1n) is 12.3. The molecule has 1 aromatic rings. The summed E-state index contributed by atoms with van der Waals surface area (Å²) >= 11 is 0. The fraction of sp³-hybridized carbons (Fsp3) is 0.708. The van der Waals surface area contributed by atoms with E-state index in [1.165, 1.54) is 0 Å². The van der Waals surface area contributed by atoms with Gasteiger partial charge in [-0.15, -0.1) is 0 Å². The SMILES string of the molecule is Cc1ccc(S(=O)(=O)N2CCC[C@H]2C(=O)O)c(N2CC[C@@H](CCNC3CCC(F)(F)CC3)C2)c1. The molecular formula is C24H35F2N3O4S. The fourth-order valence-electron chi connectivity index (χ4n) is 5.52. The zero-order valence-electron chi connectivity index (χ0n) is 19.7. The number of alkyl halides is 2. The Balaban J connectivity index is 1.40. The number of carbonyl (C=O) groups is 1. The van der Waals surface area contributed by atoms with Gasteiger partial charge < -0.3 is 15.3 Å². The standard InChI is InChI=1S/C24H35F2N3O4S/c1-17-4-5-22(34(32,33)29-13-2-3-20(29)23(30)31)21(15-17)28-14-9-18(16-28)8-12-27-19-6-10-24(25,26)11-7-19/h4-5,15,18-20,27H,2-3,6-14,16H2,1H3,(H,30,31)/t18-,20+/m1/s1. The molecule has 2 aliphatic heterocycles. The predicted octanol–water partition coefficient (Wildman–Crippen LogP) is 3.62. The van der Waals surface area contributed by atoms with Gasteiger partial charge in [0.1, 0.15) is 10.9 Å². The summed E-state index contributed by atoms with van der Waals surface area (Å²) in [4.78, 5) is 13.9. The molecule has 0 radical (unpaired) electrons. The van der Waals surface area contributed by atoms with Crippen LogP contribution in [0.15, 0.2) is 23.1 Å². The molecule has 0 bridgehead atoms. The number of aryl methyl sites for hydroxylation is 1. The van der Waals surface area contributed by atoms with Crippen molar-refractivity contribution in [3.63, 3.8) is 0 Å². The van der Waals surface area contributed by atoms with Crippen molar-refractivity contribution in [1.29, 1.82) is 0 Å². The lowest BCUT2D eigenvalue weighted by Gasteiger charge is -2.29. The number of anilines is 1. The van der Waals surface area contributed by atoms with Crippen molar-refractivity contribution in [2.45, 2.75) is 81.2 Å². The maximum Gasteiger partial charge on any atom is 0.322 e. The smallest absolute Gasteiger partial charge is 0.322 e. The summed E-state index contributed by atoms with van der Waals surface area (Å²) < 4.78 is 54.8. The van der Waals surface area contributed by atoms with Gasteiger partial charge in [0.2, 0.25) is 15.9 Å². The van der Waals surface area contributed by atoms with Crippen LogP contribution in [0.2, 0.25) is 0 Å². The largest absolute Gasteiger partial charge is 0.480 e. The van der Waals surface area contributed by atoms with E-state index in [-0.39, 0.29) is 30.3 Å². The second-order valence-corrected chi connectivity index (χ2v) is 11.9. The molecule has 0 aromatic heterocycles. The molecule has 1 aliphatic carbocycles. The van der Waals surface area contributed by atoms with Gasteiger partial charge in [-0.3, -0.25) is 4.79 Å². The van der Waals surface area contributed by atoms with Crippen molar-refractivity contribution in [3.8, 4) is 0 Å². The van der Waals surface area contributed by atoms with E-state index in [0.29, 0.717) is 37.3 Å². The van der Waals surface area contributed by atoms with Gasteiger partial charge in [0.05, 0.1) is 5.69 Å². The highest BCUT2D eigenvalue weighted by Gasteiger charge is 2.41. The van der Waals surface area contributed by atoms with Crippen LogP contribution in [-0.4, -0.2) is 68.0 Å². The number of aliphatic carboxylic acids is 1. The summed E-state index contributed by atoms with van der Waals surface area (Å²) in [6.45, 7) is 4.35. The Labute approximate surface area is 200 Å². The third kappa shape index (κ3) is 5.54. The molecule has 190 valence electrons. The highest BCUT2D eigenvalue weighted by atomic mass is 32.2. The number of hydrogen-bond acceptors (Lipinski definition) is 5. The Morgan fingerprint density at radius 1 is 1.18 bits per heavy atom. The van der Waals surface area contributed by atoms with E-state index in [1.54, 1.807) is 12.1 Å². The van der Waals surface area contributed by atoms with Crippen LogP contribution in [0.4, 0.5) is 14.5 Å². The minimum Gasteiger partial charge on any atom is -0.480 e. The van der Waals surface area contributed by atoms with E-state index in [0.717, 1.165) is 42.3 Å². The third-order valence-corrected chi connectivity index (χ3v) is 9.47. The molecule has 3 fully saturated rings. The molecule has 4 rings (SSSR count). The average Bonchev–Trinajstić information content (AvgIpc) is 3.45. The summed E-state index contributed by atoms with van der Waals surface area (Å²) in [7, 11) is -3.94. The first-order valence-corrected chi connectivity index (χ1v) is 13.7. The number of carboxylic acid groups (broad SMARTS) is 1. The first-order chi connectivity index (χ1) is 16.1. The minimum atomic E-state index is -3.94. The van der Waals surface area contributed by atoms with Crippen LogP contribution in [0.1, 0.15) is 56.9 Å². The van der Waals surface area contributed by atoms with Crippen molar-refractivity contribution in [3.05, 3.63) is 23.8 Å². The molecule has 0 unspecified atom stereocenters. The van der Waals surface area contributed by atoms with Crippen LogP contribution >= 0.6 is 0 Å². The molecular weight excluding hydrogens is 464 g/mol. The molecule has 0 spiro atoms. The number of benzene rings is 1. The number of sulfonamides is 1. The normalized spacial score (nSPS) is 26.3. The summed E-state index contributed by atoms with van der Waals surface area (Å²) in [6.07, 6.45) is 3.61. The van der Waals surface area contributed by atoms with Crippen molar-refractivity contribution in [1.82, 2.24) is 9.62 Å². The van der Waals surface area contributed by atoms with Crippen LogP contribution in [0.3, 0.4) is 0 Å². The maximum atomic E-state index is 13.5. The molecule has 2 saturated heterocycles. The monoisotopic (exact) mass is 499 g/mol. The molecule has 10 heteroatoms. The van der Waals surface area contributed by atoms with Gasteiger partial charge in [-0.2, -0.15) is 4.31 Å². The van der Waals surface area contributed by atoms with Crippen molar-refractivity contribution in [2.24, 2.45) is 5.92 Å². The number of hydrogen-bond donors (Lipinski definition) is 2. The second kappa shape index (κ2) is 10.1. The summed E-state index contributed by atoms with van der Waals surface area (Å²) in [5, 5.41) is 12.9. The number of carboxylic acids is 1. The lowest BCUT2D eigenvalue weighted by molar-refractivity contribution is -0.140. The van der Waals surface area contributed by atoms with Crippen LogP contribution in [0.5, 0.6) is 0 Å². The zero-order chi connectivity index (χ0) is 24.5. The Bertz CT molecular complexity index is 994. The van der Waals surface area contributed by atoms with Crippen LogP contribution < -0.4 is 10.2 Å². The van der Waals surface area contributed by atoms with Gasteiger partial charge in [0.15, 0.2) is 0 Å². The molecule has 1 saturated carbocycles. The van der Waals surface area contributed by atoms with Gasteiger partial charge in [0, 0.05) is 38.5 Å². The van der Waals surface area contributed by atoms with E-state index >= 15 is 0 Å². The molecule has 0 amide bonds. The molecule has 1 aromatic carbocycles. The number of nitrogens with one attached hydrogen (secondary N) is 1. The fourth-order valence-corrected chi connectivity index (χ4v) is 7.36. The average molecular weight is 500 g/mol. The van der Waals surface area contributed by atoms with Gasteiger partial charge in [-0.1, -0.05) is 6.07 Å². The molecule has 34 heavy (non-hydrogen) atoms. The van der Waals surface area contributed by atoms with Crippen LogP contribution in [-0.2, 0) is 14.8 Å². The Morgan fingerprint density at radius 3 is 2.62 bits per heavy atom. The number of rotatable bonds is 8. The number of nitrogens with zero attached hydrogens (tertiary/aromatic N) is 2. The maximum absolute atomic E-state index is 13.5. The van der Waals surface area contributed by atoms with E-state index in [9.17, 15) is 27.1 Å². The minimum absolute atomic E-state index is 0.0494. The molecule has 2 atom stereocenters. The Hall–Kier alpha value is -1.78. The highest BCUT2D eigenvalue weighted by molar-refractivity contribution is 7.89. The summed E-state index contributed by atoms with van der Waals surface area (Å²) in [6, 6.07) is 4.37.